The quantitative estimate of drug-likeness (QED) is 0.819. The summed E-state index contributed by atoms with van der Waals surface area (Å²) in [7, 11) is 3.97. The lowest BCUT2D eigenvalue weighted by molar-refractivity contribution is -0.124. The van der Waals surface area contributed by atoms with E-state index in [2.05, 4.69) is 41.5 Å². The second-order valence-electron chi connectivity index (χ2n) is 5.81. The Bertz CT molecular complexity index is 448. The number of carbonyl (C=O) groups is 1. The summed E-state index contributed by atoms with van der Waals surface area (Å²) >= 11 is 0. The van der Waals surface area contributed by atoms with Crippen LogP contribution in [-0.2, 0) is 11.2 Å². The minimum atomic E-state index is -0.508. The van der Waals surface area contributed by atoms with E-state index < -0.39 is 5.54 Å². The van der Waals surface area contributed by atoms with Crippen LogP contribution in [0.2, 0.25) is 0 Å². The SMILES string of the molecule is CNC1(C(N)=O)CCC(N(C)CCc2ccccc2)C1. The van der Waals surface area contributed by atoms with Crippen LogP contribution in [0.5, 0.6) is 0 Å². The smallest absolute Gasteiger partial charge is 0.237 e. The summed E-state index contributed by atoms with van der Waals surface area (Å²) in [6.07, 6.45) is 3.70. The van der Waals surface area contributed by atoms with Gasteiger partial charge in [-0.05, 0) is 45.3 Å². The van der Waals surface area contributed by atoms with Crippen LogP contribution < -0.4 is 11.1 Å². The number of carbonyl (C=O) groups excluding carboxylic acids is 1. The number of hydrogen-bond donors (Lipinski definition) is 2. The van der Waals surface area contributed by atoms with E-state index in [1.807, 2.05) is 13.1 Å². The van der Waals surface area contributed by atoms with Crippen molar-refractivity contribution in [1.82, 2.24) is 10.2 Å². The van der Waals surface area contributed by atoms with Crippen LogP contribution in [0.4, 0.5) is 0 Å². The van der Waals surface area contributed by atoms with Crippen molar-refractivity contribution < 1.29 is 4.79 Å². The molecule has 3 N–H and O–H groups in total. The summed E-state index contributed by atoms with van der Waals surface area (Å²) in [5.41, 5.74) is 6.40. The van der Waals surface area contributed by atoms with Crippen LogP contribution >= 0.6 is 0 Å². The van der Waals surface area contributed by atoms with Crippen LogP contribution in [0.15, 0.2) is 30.3 Å². The van der Waals surface area contributed by atoms with Gasteiger partial charge in [0.2, 0.25) is 5.91 Å². The molecule has 0 aromatic heterocycles. The van der Waals surface area contributed by atoms with Crippen molar-refractivity contribution in [3.05, 3.63) is 35.9 Å². The monoisotopic (exact) mass is 275 g/mol. The summed E-state index contributed by atoms with van der Waals surface area (Å²) < 4.78 is 0. The zero-order valence-electron chi connectivity index (χ0n) is 12.4. The summed E-state index contributed by atoms with van der Waals surface area (Å²) in [6.45, 7) is 1.01. The van der Waals surface area contributed by atoms with Crippen LogP contribution in [0.1, 0.15) is 24.8 Å². The fourth-order valence-corrected chi connectivity index (χ4v) is 3.10. The number of amides is 1. The van der Waals surface area contributed by atoms with Gasteiger partial charge in [-0.3, -0.25) is 4.79 Å². The highest BCUT2D eigenvalue weighted by Crippen LogP contribution is 2.32. The largest absolute Gasteiger partial charge is 0.368 e. The average Bonchev–Trinajstić information content (AvgIpc) is 2.92. The van der Waals surface area contributed by atoms with Crippen molar-refractivity contribution in [2.45, 2.75) is 37.3 Å². The molecule has 0 radical (unpaired) electrons. The van der Waals surface area contributed by atoms with Crippen molar-refractivity contribution in [2.75, 3.05) is 20.6 Å². The molecule has 110 valence electrons. The second kappa shape index (κ2) is 6.37. The average molecular weight is 275 g/mol. The summed E-state index contributed by atoms with van der Waals surface area (Å²) in [6, 6.07) is 10.9. The van der Waals surface area contributed by atoms with E-state index in [-0.39, 0.29) is 5.91 Å². The number of likely N-dealkylation sites (N-methyl/N-ethyl adjacent to an activating group) is 2. The predicted octanol–water partition coefficient (Wildman–Crippen LogP) is 1.16. The third kappa shape index (κ3) is 3.19. The van der Waals surface area contributed by atoms with Gasteiger partial charge in [-0.2, -0.15) is 0 Å². The van der Waals surface area contributed by atoms with Crippen molar-refractivity contribution in [2.24, 2.45) is 5.73 Å². The van der Waals surface area contributed by atoms with E-state index in [4.69, 9.17) is 5.73 Å². The van der Waals surface area contributed by atoms with Crippen molar-refractivity contribution in [3.63, 3.8) is 0 Å². The van der Waals surface area contributed by atoms with Crippen LogP contribution in [0.25, 0.3) is 0 Å². The zero-order chi connectivity index (χ0) is 14.6. The number of hydrogen-bond acceptors (Lipinski definition) is 3. The molecule has 1 amide bonds. The normalized spacial score (nSPS) is 26.1. The Morgan fingerprint density at radius 3 is 2.70 bits per heavy atom. The van der Waals surface area contributed by atoms with Gasteiger partial charge in [0, 0.05) is 12.6 Å². The van der Waals surface area contributed by atoms with Crippen LogP contribution in [0.3, 0.4) is 0 Å². The molecule has 2 atom stereocenters. The van der Waals surface area contributed by atoms with Gasteiger partial charge in [0.1, 0.15) is 0 Å². The number of benzene rings is 1. The van der Waals surface area contributed by atoms with Gasteiger partial charge in [0.25, 0.3) is 0 Å². The maximum atomic E-state index is 11.6. The first-order valence-electron chi connectivity index (χ1n) is 7.30. The summed E-state index contributed by atoms with van der Waals surface area (Å²) in [5, 5.41) is 3.13. The van der Waals surface area contributed by atoms with E-state index in [0.29, 0.717) is 6.04 Å². The molecule has 1 aromatic carbocycles. The van der Waals surface area contributed by atoms with Gasteiger partial charge in [-0.25, -0.2) is 0 Å². The molecule has 1 aliphatic carbocycles. The Balaban J connectivity index is 1.88. The first-order valence-corrected chi connectivity index (χ1v) is 7.30. The molecule has 1 aromatic rings. The Labute approximate surface area is 121 Å². The number of nitrogens with two attached hydrogens (primary N) is 1. The van der Waals surface area contributed by atoms with Crippen molar-refractivity contribution >= 4 is 5.91 Å². The molecular weight excluding hydrogens is 250 g/mol. The van der Waals surface area contributed by atoms with Crippen LogP contribution in [0, 0.1) is 0 Å². The van der Waals surface area contributed by atoms with E-state index in [9.17, 15) is 4.79 Å². The fourth-order valence-electron chi connectivity index (χ4n) is 3.10. The topological polar surface area (TPSA) is 58.4 Å². The molecular formula is C16H25N3O. The van der Waals surface area contributed by atoms with Gasteiger partial charge < -0.3 is 16.0 Å². The molecule has 2 unspecified atom stereocenters. The summed E-state index contributed by atoms with van der Waals surface area (Å²) in [4.78, 5) is 14.0. The maximum absolute atomic E-state index is 11.6. The van der Waals surface area contributed by atoms with Gasteiger partial charge in [-0.1, -0.05) is 30.3 Å². The standard InChI is InChI=1S/C16H25N3O/c1-18-16(15(17)20)10-8-14(12-16)19(2)11-9-13-6-4-3-5-7-13/h3-7,14,18H,8-12H2,1-2H3,(H2,17,20). The lowest BCUT2D eigenvalue weighted by atomic mass is 9.96. The number of nitrogens with one attached hydrogen (secondary N) is 1. The molecule has 0 aliphatic heterocycles. The van der Waals surface area contributed by atoms with Gasteiger partial charge >= 0.3 is 0 Å². The van der Waals surface area contributed by atoms with E-state index in [0.717, 1.165) is 32.2 Å². The molecule has 0 saturated heterocycles. The molecule has 1 saturated carbocycles. The van der Waals surface area contributed by atoms with E-state index >= 15 is 0 Å². The Morgan fingerprint density at radius 1 is 1.45 bits per heavy atom. The van der Waals surface area contributed by atoms with Gasteiger partial charge in [-0.15, -0.1) is 0 Å². The van der Waals surface area contributed by atoms with Crippen LogP contribution in [-0.4, -0.2) is 43.0 Å². The zero-order valence-corrected chi connectivity index (χ0v) is 12.4. The molecule has 20 heavy (non-hydrogen) atoms. The van der Waals surface area contributed by atoms with Crippen molar-refractivity contribution in [1.29, 1.82) is 0 Å². The molecule has 0 spiro atoms. The summed E-state index contributed by atoms with van der Waals surface area (Å²) in [5.74, 6) is -0.223. The highest BCUT2D eigenvalue weighted by molar-refractivity contribution is 5.85. The van der Waals surface area contributed by atoms with E-state index in [1.54, 1.807) is 0 Å². The first kappa shape index (κ1) is 15.0. The minimum Gasteiger partial charge on any atom is -0.368 e. The Hall–Kier alpha value is -1.39. The molecule has 0 bridgehead atoms. The molecule has 1 aliphatic rings. The lowest BCUT2D eigenvalue weighted by Gasteiger charge is -2.28. The maximum Gasteiger partial charge on any atom is 0.237 e. The molecule has 4 heteroatoms. The minimum absolute atomic E-state index is 0.223. The highest BCUT2D eigenvalue weighted by atomic mass is 16.1. The number of primary amides is 1. The molecule has 0 heterocycles. The second-order valence-corrected chi connectivity index (χ2v) is 5.81. The van der Waals surface area contributed by atoms with E-state index in [1.165, 1.54) is 5.56 Å². The molecule has 4 nitrogen and oxygen atoms in total. The number of rotatable bonds is 6. The first-order chi connectivity index (χ1) is 9.57. The Morgan fingerprint density at radius 2 is 2.15 bits per heavy atom. The third-order valence-corrected chi connectivity index (χ3v) is 4.66. The Kier molecular flexibility index (Phi) is 4.78. The van der Waals surface area contributed by atoms with Crippen molar-refractivity contribution in [3.8, 4) is 0 Å². The lowest BCUT2D eigenvalue weighted by Crippen LogP contribution is -2.53. The number of nitrogens with zero attached hydrogens (tertiary/aromatic N) is 1. The predicted molar refractivity (Wildman–Crippen MR) is 81.4 cm³/mol. The molecule has 1 fully saturated rings. The van der Waals surface area contributed by atoms with Gasteiger partial charge in [0.15, 0.2) is 0 Å². The molecule has 2 rings (SSSR count). The highest BCUT2D eigenvalue weighted by Gasteiger charge is 2.43. The fraction of sp³-hybridized carbons (Fsp3) is 0.562. The third-order valence-electron chi connectivity index (χ3n) is 4.66. The van der Waals surface area contributed by atoms with Gasteiger partial charge in [0.05, 0.1) is 5.54 Å².